The molecule has 0 fully saturated rings. The van der Waals surface area contributed by atoms with E-state index in [0.29, 0.717) is 5.56 Å². The van der Waals surface area contributed by atoms with E-state index < -0.39 is 0 Å². The van der Waals surface area contributed by atoms with Gasteiger partial charge in [-0.3, -0.25) is 4.79 Å². The number of benzene rings is 1. The Morgan fingerprint density at radius 3 is 2.84 bits per heavy atom. The van der Waals surface area contributed by atoms with Gasteiger partial charge < -0.3 is 15.8 Å². The highest BCUT2D eigenvalue weighted by atomic mass is 16.5. The molecule has 106 valence electrons. The summed E-state index contributed by atoms with van der Waals surface area (Å²) in [5.74, 6) is -0.383. The molecule has 0 saturated carbocycles. The number of ether oxygens (including phenoxy) is 1. The summed E-state index contributed by atoms with van der Waals surface area (Å²) in [7, 11) is 0. The van der Waals surface area contributed by atoms with Crippen LogP contribution in [0.15, 0.2) is 24.3 Å². The number of nitrogens with two attached hydrogens (primary N) is 1. The van der Waals surface area contributed by atoms with E-state index in [4.69, 9.17) is 10.5 Å². The van der Waals surface area contributed by atoms with E-state index in [2.05, 4.69) is 12.2 Å². The van der Waals surface area contributed by atoms with Crippen LogP contribution >= 0.6 is 0 Å². The van der Waals surface area contributed by atoms with Gasteiger partial charge in [-0.1, -0.05) is 25.5 Å². The monoisotopic (exact) mass is 264 g/mol. The lowest BCUT2D eigenvalue weighted by Crippen LogP contribution is -2.17. The molecule has 1 amide bonds. The second-order valence-electron chi connectivity index (χ2n) is 4.56. The zero-order valence-corrected chi connectivity index (χ0v) is 11.7. The highest BCUT2D eigenvalue weighted by Crippen LogP contribution is 2.04. The minimum absolute atomic E-state index is 0.383. The lowest BCUT2D eigenvalue weighted by molar-refractivity contribution is 0.1000. The fraction of sp³-hybridized carbons (Fsp3) is 0.533. The van der Waals surface area contributed by atoms with Crippen molar-refractivity contribution in [3.05, 3.63) is 35.4 Å². The number of primary amides is 1. The summed E-state index contributed by atoms with van der Waals surface area (Å²) >= 11 is 0. The summed E-state index contributed by atoms with van der Waals surface area (Å²) in [5, 5.41) is 3.33. The van der Waals surface area contributed by atoms with Crippen molar-refractivity contribution in [2.75, 3.05) is 19.8 Å². The van der Waals surface area contributed by atoms with Gasteiger partial charge in [0.2, 0.25) is 5.91 Å². The van der Waals surface area contributed by atoms with Gasteiger partial charge in [-0.25, -0.2) is 0 Å². The van der Waals surface area contributed by atoms with E-state index in [0.717, 1.165) is 44.7 Å². The summed E-state index contributed by atoms with van der Waals surface area (Å²) in [4.78, 5) is 11.0. The smallest absolute Gasteiger partial charge is 0.248 e. The Hall–Kier alpha value is -1.39. The molecule has 19 heavy (non-hydrogen) atoms. The van der Waals surface area contributed by atoms with Crippen LogP contribution in [0.25, 0.3) is 0 Å². The van der Waals surface area contributed by atoms with Crippen molar-refractivity contribution < 1.29 is 9.53 Å². The molecule has 4 nitrogen and oxygen atoms in total. The Morgan fingerprint density at radius 2 is 2.11 bits per heavy atom. The molecule has 0 spiro atoms. The van der Waals surface area contributed by atoms with Crippen LogP contribution in [0.3, 0.4) is 0 Å². The molecular weight excluding hydrogens is 240 g/mol. The number of nitrogens with one attached hydrogen (secondary N) is 1. The minimum Gasteiger partial charge on any atom is -0.381 e. The predicted molar refractivity (Wildman–Crippen MR) is 77.0 cm³/mol. The van der Waals surface area contributed by atoms with Crippen molar-refractivity contribution >= 4 is 5.91 Å². The molecule has 1 aromatic rings. The maximum Gasteiger partial charge on any atom is 0.248 e. The molecule has 1 aromatic carbocycles. The number of hydrogen-bond acceptors (Lipinski definition) is 3. The third-order valence-corrected chi connectivity index (χ3v) is 2.83. The van der Waals surface area contributed by atoms with E-state index in [9.17, 15) is 4.79 Å². The molecule has 1 rings (SSSR count). The first-order valence-electron chi connectivity index (χ1n) is 6.91. The Balaban J connectivity index is 2.12. The molecule has 0 radical (unpaired) electrons. The van der Waals surface area contributed by atoms with Crippen molar-refractivity contribution in [3.63, 3.8) is 0 Å². The number of amides is 1. The van der Waals surface area contributed by atoms with Crippen molar-refractivity contribution in [3.8, 4) is 0 Å². The first kappa shape index (κ1) is 15.7. The second-order valence-corrected chi connectivity index (χ2v) is 4.56. The summed E-state index contributed by atoms with van der Waals surface area (Å²) < 4.78 is 5.48. The van der Waals surface area contributed by atoms with Crippen LogP contribution in [0.2, 0.25) is 0 Å². The van der Waals surface area contributed by atoms with Gasteiger partial charge >= 0.3 is 0 Å². The van der Waals surface area contributed by atoms with Crippen LogP contribution in [-0.4, -0.2) is 25.7 Å². The van der Waals surface area contributed by atoms with E-state index in [1.807, 2.05) is 18.2 Å². The number of unbranched alkanes of at least 4 members (excludes halogenated alkanes) is 1. The van der Waals surface area contributed by atoms with Crippen molar-refractivity contribution in [1.82, 2.24) is 5.32 Å². The molecule has 0 aliphatic heterocycles. The summed E-state index contributed by atoms with van der Waals surface area (Å²) in [6, 6.07) is 7.39. The highest BCUT2D eigenvalue weighted by molar-refractivity contribution is 5.92. The lowest BCUT2D eigenvalue weighted by Gasteiger charge is -2.06. The molecule has 0 aromatic heterocycles. The second kappa shape index (κ2) is 9.53. The fourth-order valence-electron chi connectivity index (χ4n) is 1.71. The molecule has 0 aliphatic rings. The number of carbonyl (C=O) groups excluding carboxylic acids is 1. The normalized spacial score (nSPS) is 10.6. The molecule has 0 atom stereocenters. The lowest BCUT2D eigenvalue weighted by atomic mass is 10.1. The zero-order chi connectivity index (χ0) is 13.9. The Labute approximate surface area is 115 Å². The maximum absolute atomic E-state index is 11.0. The van der Waals surface area contributed by atoms with Gasteiger partial charge in [-0.2, -0.15) is 0 Å². The van der Waals surface area contributed by atoms with E-state index in [-0.39, 0.29) is 5.91 Å². The summed E-state index contributed by atoms with van der Waals surface area (Å²) in [5.41, 5.74) is 6.87. The standard InChI is InChI=1S/C15H24N2O2/c1-2-3-9-19-10-5-8-17-12-13-6-4-7-14(11-13)15(16)18/h4,6-7,11,17H,2-3,5,8-10,12H2,1H3,(H2,16,18). The van der Waals surface area contributed by atoms with E-state index in [1.165, 1.54) is 6.42 Å². The predicted octanol–water partition coefficient (Wildman–Crippen LogP) is 2.08. The van der Waals surface area contributed by atoms with Crippen LogP contribution in [-0.2, 0) is 11.3 Å². The van der Waals surface area contributed by atoms with Gasteiger partial charge in [0.15, 0.2) is 0 Å². The van der Waals surface area contributed by atoms with Gasteiger partial charge in [0.05, 0.1) is 0 Å². The summed E-state index contributed by atoms with van der Waals surface area (Å²) in [6.45, 7) is 5.47. The van der Waals surface area contributed by atoms with Crippen molar-refractivity contribution in [2.45, 2.75) is 32.7 Å². The van der Waals surface area contributed by atoms with E-state index >= 15 is 0 Å². The highest BCUT2D eigenvalue weighted by Gasteiger charge is 2.00. The number of hydrogen-bond donors (Lipinski definition) is 2. The number of rotatable bonds is 10. The molecule has 0 bridgehead atoms. The van der Waals surface area contributed by atoms with Crippen LogP contribution in [0.4, 0.5) is 0 Å². The van der Waals surface area contributed by atoms with Crippen molar-refractivity contribution in [2.24, 2.45) is 5.73 Å². The largest absolute Gasteiger partial charge is 0.381 e. The third-order valence-electron chi connectivity index (χ3n) is 2.83. The third kappa shape index (κ3) is 6.94. The fourth-order valence-corrected chi connectivity index (χ4v) is 1.71. The van der Waals surface area contributed by atoms with Crippen LogP contribution in [0.1, 0.15) is 42.1 Å². The van der Waals surface area contributed by atoms with Crippen molar-refractivity contribution in [1.29, 1.82) is 0 Å². The van der Waals surface area contributed by atoms with E-state index in [1.54, 1.807) is 6.07 Å². The molecule has 0 unspecified atom stereocenters. The molecule has 4 heteroatoms. The molecular formula is C15H24N2O2. The first-order chi connectivity index (χ1) is 9.24. The van der Waals surface area contributed by atoms with Gasteiger partial charge in [0.1, 0.15) is 0 Å². The zero-order valence-electron chi connectivity index (χ0n) is 11.7. The SMILES string of the molecule is CCCCOCCCNCc1cccc(C(N)=O)c1. The Bertz CT molecular complexity index is 380. The quantitative estimate of drug-likeness (QED) is 0.636. The van der Waals surface area contributed by atoms with Crippen LogP contribution < -0.4 is 11.1 Å². The topological polar surface area (TPSA) is 64.3 Å². The minimum atomic E-state index is -0.383. The first-order valence-corrected chi connectivity index (χ1v) is 6.91. The average Bonchev–Trinajstić information content (AvgIpc) is 2.42. The molecule has 3 N–H and O–H groups in total. The maximum atomic E-state index is 11.0. The van der Waals surface area contributed by atoms with Gasteiger partial charge in [0.25, 0.3) is 0 Å². The molecule has 0 saturated heterocycles. The van der Waals surface area contributed by atoms with Gasteiger partial charge in [-0.15, -0.1) is 0 Å². The van der Waals surface area contributed by atoms with Crippen LogP contribution in [0.5, 0.6) is 0 Å². The van der Waals surface area contributed by atoms with Crippen LogP contribution in [0, 0.1) is 0 Å². The average molecular weight is 264 g/mol. The Morgan fingerprint density at radius 1 is 1.32 bits per heavy atom. The Kier molecular flexibility index (Phi) is 7.86. The molecule has 0 heterocycles. The molecule has 0 aliphatic carbocycles. The van der Waals surface area contributed by atoms with Gasteiger partial charge in [0, 0.05) is 25.3 Å². The number of carbonyl (C=O) groups is 1. The summed E-state index contributed by atoms with van der Waals surface area (Å²) in [6.07, 6.45) is 3.31. The van der Waals surface area contributed by atoms with Gasteiger partial charge in [-0.05, 0) is 37.1 Å².